The third-order valence-corrected chi connectivity index (χ3v) is 5.43. The number of carbonyl (C=O) groups excluding carboxylic acids is 1. The van der Waals surface area contributed by atoms with Crippen LogP contribution in [0.2, 0.25) is 10.0 Å². The molecular formula is C21H13BrCl2N2O4. The molecule has 4 aromatic rings. The molecule has 1 amide bonds. The average molecular weight is 508 g/mol. The Morgan fingerprint density at radius 1 is 1.17 bits per heavy atom. The number of nitrogens with zero attached hydrogens (tertiary/aromatic N) is 1. The molecule has 0 aliphatic heterocycles. The molecule has 0 atom stereocenters. The molecule has 0 aliphatic rings. The fraction of sp³-hybridized carbons (Fsp3) is 0.0476. The van der Waals surface area contributed by atoms with Gasteiger partial charge in [-0.3, -0.25) is 4.79 Å². The van der Waals surface area contributed by atoms with E-state index in [-0.39, 0.29) is 22.1 Å². The van der Waals surface area contributed by atoms with E-state index in [1.165, 1.54) is 19.2 Å². The molecule has 6 nitrogen and oxygen atoms in total. The van der Waals surface area contributed by atoms with Crippen LogP contribution in [0.25, 0.3) is 22.6 Å². The fourth-order valence-electron chi connectivity index (χ4n) is 2.90. The number of phenols is 1. The van der Waals surface area contributed by atoms with E-state index in [1.54, 1.807) is 36.4 Å². The second kappa shape index (κ2) is 8.18. The molecule has 0 saturated carbocycles. The zero-order valence-corrected chi connectivity index (χ0v) is 18.5. The van der Waals surface area contributed by atoms with Gasteiger partial charge in [-0.15, -0.1) is 0 Å². The summed E-state index contributed by atoms with van der Waals surface area (Å²) in [5.74, 6) is 0.317. The van der Waals surface area contributed by atoms with Crippen LogP contribution in [-0.4, -0.2) is 23.1 Å². The van der Waals surface area contributed by atoms with Gasteiger partial charge >= 0.3 is 0 Å². The number of phenolic OH excluding ortho intramolecular Hbond substituents is 1. The number of fused-ring (bicyclic) bond motifs is 1. The van der Waals surface area contributed by atoms with Gasteiger partial charge in [0.1, 0.15) is 17.0 Å². The highest BCUT2D eigenvalue weighted by Crippen LogP contribution is 2.34. The Morgan fingerprint density at radius 2 is 1.97 bits per heavy atom. The Kier molecular flexibility index (Phi) is 5.60. The molecule has 0 radical (unpaired) electrons. The first-order valence-electron chi connectivity index (χ1n) is 8.59. The summed E-state index contributed by atoms with van der Waals surface area (Å²) in [6.07, 6.45) is 0. The van der Waals surface area contributed by atoms with Crippen LogP contribution in [0.4, 0.5) is 5.69 Å². The predicted molar refractivity (Wildman–Crippen MR) is 120 cm³/mol. The van der Waals surface area contributed by atoms with Crippen LogP contribution in [0.5, 0.6) is 11.5 Å². The molecule has 152 valence electrons. The lowest BCUT2D eigenvalue weighted by molar-refractivity contribution is 0.102. The minimum atomic E-state index is -0.429. The van der Waals surface area contributed by atoms with Crippen molar-refractivity contribution in [1.29, 1.82) is 0 Å². The van der Waals surface area contributed by atoms with Gasteiger partial charge in [-0.25, -0.2) is 4.98 Å². The van der Waals surface area contributed by atoms with Gasteiger partial charge in [-0.2, -0.15) is 0 Å². The quantitative estimate of drug-likeness (QED) is 0.328. The Labute approximate surface area is 189 Å². The first-order chi connectivity index (χ1) is 14.4. The number of aromatic hydroxyl groups is 1. The van der Waals surface area contributed by atoms with Gasteiger partial charge in [-0.1, -0.05) is 23.2 Å². The maximum absolute atomic E-state index is 12.7. The third-order valence-electron chi connectivity index (χ3n) is 4.30. The van der Waals surface area contributed by atoms with E-state index in [0.29, 0.717) is 37.7 Å². The molecule has 3 aromatic carbocycles. The van der Waals surface area contributed by atoms with E-state index in [2.05, 4.69) is 26.2 Å². The van der Waals surface area contributed by atoms with Gasteiger partial charge in [-0.05, 0) is 64.5 Å². The number of amides is 1. The monoisotopic (exact) mass is 506 g/mol. The molecule has 0 spiro atoms. The number of oxazole rings is 1. The lowest BCUT2D eigenvalue weighted by Crippen LogP contribution is -2.13. The lowest BCUT2D eigenvalue weighted by Gasteiger charge is -2.11. The Hall–Kier alpha value is -2.74. The summed E-state index contributed by atoms with van der Waals surface area (Å²) in [5.41, 5.74) is 2.53. The van der Waals surface area contributed by atoms with Gasteiger partial charge in [0.25, 0.3) is 5.91 Å². The van der Waals surface area contributed by atoms with Crippen LogP contribution >= 0.6 is 39.1 Å². The second-order valence-corrected chi connectivity index (χ2v) is 7.99. The first kappa shape index (κ1) is 20.5. The van der Waals surface area contributed by atoms with E-state index in [1.807, 2.05) is 0 Å². The molecule has 1 aromatic heterocycles. The zero-order valence-electron chi connectivity index (χ0n) is 15.4. The van der Waals surface area contributed by atoms with E-state index >= 15 is 0 Å². The van der Waals surface area contributed by atoms with Crippen molar-refractivity contribution >= 4 is 61.8 Å². The molecule has 4 rings (SSSR count). The molecule has 0 saturated heterocycles. The van der Waals surface area contributed by atoms with Crippen LogP contribution in [0.3, 0.4) is 0 Å². The van der Waals surface area contributed by atoms with Crippen LogP contribution in [0.1, 0.15) is 10.4 Å². The number of hydrogen-bond donors (Lipinski definition) is 2. The van der Waals surface area contributed by atoms with E-state index < -0.39 is 5.91 Å². The number of ether oxygens (including phenoxy) is 1. The van der Waals surface area contributed by atoms with E-state index in [4.69, 9.17) is 32.4 Å². The summed E-state index contributed by atoms with van der Waals surface area (Å²) in [5, 5.41) is 13.0. The van der Waals surface area contributed by atoms with Crippen molar-refractivity contribution in [3.05, 3.63) is 68.6 Å². The maximum atomic E-state index is 12.7. The lowest BCUT2D eigenvalue weighted by atomic mass is 10.1. The van der Waals surface area contributed by atoms with Gasteiger partial charge in [0, 0.05) is 16.3 Å². The Balaban J connectivity index is 1.64. The summed E-state index contributed by atoms with van der Waals surface area (Å²) < 4.78 is 11.5. The van der Waals surface area contributed by atoms with Crippen molar-refractivity contribution in [3.63, 3.8) is 0 Å². The molecular weight excluding hydrogens is 495 g/mol. The highest BCUT2D eigenvalue weighted by molar-refractivity contribution is 9.10. The van der Waals surface area contributed by atoms with Crippen molar-refractivity contribution in [3.8, 4) is 23.0 Å². The molecule has 0 aliphatic carbocycles. The fourth-order valence-corrected chi connectivity index (χ4v) is 3.85. The molecule has 30 heavy (non-hydrogen) atoms. The Bertz CT molecular complexity index is 1290. The van der Waals surface area contributed by atoms with Crippen molar-refractivity contribution < 1.29 is 19.1 Å². The number of halogens is 3. The number of aromatic nitrogens is 1. The summed E-state index contributed by atoms with van der Waals surface area (Å²) in [6, 6.07) is 13.0. The molecule has 0 fully saturated rings. The van der Waals surface area contributed by atoms with Crippen molar-refractivity contribution in [1.82, 2.24) is 4.98 Å². The number of rotatable bonds is 4. The second-order valence-electron chi connectivity index (χ2n) is 6.29. The number of methoxy groups -OCH3 is 1. The molecule has 0 unspecified atom stereocenters. The van der Waals surface area contributed by atoms with Gasteiger partial charge in [0.05, 0.1) is 22.2 Å². The summed E-state index contributed by atoms with van der Waals surface area (Å²) in [6.45, 7) is 0. The summed E-state index contributed by atoms with van der Waals surface area (Å²) >= 11 is 15.4. The van der Waals surface area contributed by atoms with Crippen molar-refractivity contribution in [2.24, 2.45) is 0 Å². The average Bonchev–Trinajstić information content (AvgIpc) is 3.13. The zero-order chi connectivity index (χ0) is 21.4. The van der Waals surface area contributed by atoms with Crippen LogP contribution in [-0.2, 0) is 0 Å². The number of nitrogens with one attached hydrogen (secondary N) is 1. The highest BCUT2D eigenvalue weighted by atomic mass is 79.9. The first-order valence-corrected chi connectivity index (χ1v) is 10.1. The number of benzene rings is 3. The van der Waals surface area contributed by atoms with Crippen LogP contribution < -0.4 is 10.1 Å². The normalized spacial score (nSPS) is 10.9. The van der Waals surface area contributed by atoms with Gasteiger partial charge in [0.2, 0.25) is 5.89 Å². The van der Waals surface area contributed by atoms with Crippen molar-refractivity contribution in [2.75, 3.05) is 12.4 Å². The summed E-state index contributed by atoms with van der Waals surface area (Å²) in [7, 11) is 1.43. The van der Waals surface area contributed by atoms with Crippen molar-refractivity contribution in [2.45, 2.75) is 0 Å². The standard InChI is InChI=1S/C21H13BrCl2N2O4/c1-29-19-13(7-11(23)8-15(19)24)20(28)25-12-3-5-18-16(9-12)26-21(30-18)10-2-4-17(27)14(22)6-10/h2-9,27H,1H3,(H,25,28). The molecule has 1 heterocycles. The maximum Gasteiger partial charge on any atom is 0.259 e. The van der Waals surface area contributed by atoms with Gasteiger partial charge in [0.15, 0.2) is 5.58 Å². The topological polar surface area (TPSA) is 84.6 Å². The number of anilines is 1. The summed E-state index contributed by atoms with van der Waals surface area (Å²) in [4.78, 5) is 17.2. The van der Waals surface area contributed by atoms with Gasteiger partial charge < -0.3 is 19.6 Å². The molecule has 9 heteroatoms. The molecule has 0 bridgehead atoms. The predicted octanol–water partition coefficient (Wildman–Crippen LogP) is 6.53. The largest absolute Gasteiger partial charge is 0.507 e. The van der Waals surface area contributed by atoms with Crippen LogP contribution in [0.15, 0.2) is 57.4 Å². The highest BCUT2D eigenvalue weighted by Gasteiger charge is 2.18. The SMILES string of the molecule is COc1c(Cl)cc(Cl)cc1C(=O)Nc1ccc2oc(-c3ccc(O)c(Br)c3)nc2c1. The Morgan fingerprint density at radius 3 is 2.70 bits per heavy atom. The molecule has 2 N–H and O–H groups in total. The minimum absolute atomic E-state index is 0.122. The van der Waals surface area contributed by atoms with E-state index in [9.17, 15) is 9.90 Å². The number of hydrogen-bond acceptors (Lipinski definition) is 5. The minimum Gasteiger partial charge on any atom is -0.507 e. The third kappa shape index (κ3) is 3.96. The smallest absolute Gasteiger partial charge is 0.259 e. The van der Waals surface area contributed by atoms with Crippen LogP contribution in [0, 0.1) is 0 Å². The number of carbonyl (C=O) groups is 1. The van der Waals surface area contributed by atoms with E-state index in [0.717, 1.165) is 0 Å².